The summed E-state index contributed by atoms with van der Waals surface area (Å²) in [6, 6.07) is 0. The summed E-state index contributed by atoms with van der Waals surface area (Å²) in [6.45, 7) is 0. The van der Waals surface area contributed by atoms with Crippen LogP contribution < -0.4 is 0 Å². The summed E-state index contributed by atoms with van der Waals surface area (Å²) < 4.78 is 1.59. The molecule has 1 N–H and O–H groups in total. The fourth-order valence-electron chi connectivity index (χ4n) is 2.42. The molecule has 0 aromatic carbocycles. The quantitative estimate of drug-likeness (QED) is 0.806. The average molecular weight is 342 g/mol. The lowest BCUT2D eigenvalue weighted by Gasteiger charge is -2.13. The number of hydrogen-bond donors (Lipinski definition) is 1. The van der Waals surface area contributed by atoms with Crippen molar-refractivity contribution >= 4 is 39.5 Å². The monoisotopic (exact) mass is 341 g/mol. The Kier molecular flexibility index (Phi) is 3.59. The van der Waals surface area contributed by atoms with Crippen LogP contribution in [0.1, 0.15) is 37.3 Å². The highest BCUT2D eigenvalue weighted by molar-refractivity contribution is 9.10. The van der Waals surface area contributed by atoms with Gasteiger partial charge in [-0.1, -0.05) is 25.1 Å². The molecule has 0 spiro atoms. The van der Waals surface area contributed by atoms with Crippen LogP contribution in [0.25, 0.3) is 10.7 Å². The van der Waals surface area contributed by atoms with Crippen LogP contribution in [0.4, 0.5) is 0 Å². The highest BCUT2D eigenvalue weighted by Crippen LogP contribution is 2.37. The molecule has 0 unspecified atom stereocenters. The molecule has 1 fully saturated rings. The number of aromatic amines is 1. The summed E-state index contributed by atoms with van der Waals surface area (Å²) in [7, 11) is 0. The number of rotatable bonds is 2. The van der Waals surface area contributed by atoms with Crippen molar-refractivity contribution < 1.29 is 0 Å². The average Bonchev–Trinajstić information content (AvgIpc) is 3.03. The first kappa shape index (κ1) is 12.4. The predicted molar refractivity (Wildman–Crippen MR) is 79.4 cm³/mol. The van der Waals surface area contributed by atoms with Crippen molar-refractivity contribution in [2.75, 3.05) is 0 Å². The van der Waals surface area contributed by atoms with Crippen LogP contribution >= 0.6 is 39.5 Å². The van der Waals surface area contributed by atoms with Gasteiger partial charge in [-0.3, -0.25) is 4.98 Å². The van der Waals surface area contributed by atoms with Gasteiger partial charge in [0.25, 0.3) is 0 Å². The second-order valence-corrected chi connectivity index (χ2v) is 6.53. The predicted octanol–water partition coefficient (Wildman–Crippen LogP) is 4.68. The molecule has 18 heavy (non-hydrogen) atoms. The summed E-state index contributed by atoms with van der Waals surface area (Å²) in [4.78, 5) is 13.0. The van der Waals surface area contributed by atoms with Gasteiger partial charge in [0, 0.05) is 17.8 Å². The van der Waals surface area contributed by atoms with Crippen molar-refractivity contribution in [2.45, 2.75) is 31.6 Å². The Balaban J connectivity index is 2.10. The molecule has 2 aromatic heterocycles. The van der Waals surface area contributed by atoms with E-state index in [0.29, 0.717) is 10.6 Å². The summed E-state index contributed by atoms with van der Waals surface area (Å²) in [5, 5.41) is 0. The lowest BCUT2D eigenvalue weighted by Crippen LogP contribution is -2.02. The number of aromatic nitrogens is 3. The maximum Gasteiger partial charge on any atom is 0.150 e. The van der Waals surface area contributed by atoms with Gasteiger partial charge in [-0.2, -0.15) is 0 Å². The van der Waals surface area contributed by atoms with Crippen molar-refractivity contribution in [1.29, 1.82) is 0 Å². The Hall–Kier alpha value is -0.590. The molecule has 1 aliphatic rings. The minimum absolute atomic E-state index is 0.579. The Morgan fingerprint density at radius 3 is 2.83 bits per heavy atom. The van der Waals surface area contributed by atoms with Gasteiger partial charge in [0.15, 0.2) is 5.82 Å². The van der Waals surface area contributed by atoms with E-state index >= 15 is 0 Å². The Labute approximate surface area is 123 Å². The molecule has 0 amide bonds. The molecule has 3 rings (SSSR count). The Bertz CT molecular complexity index is 600. The molecular weight excluding hydrogens is 330 g/mol. The number of halogens is 1. The van der Waals surface area contributed by atoms with Crippen molar-refractivity contribution in [2.24, 2.45) is 0 Å². The van der Waals surface area contributed by atoms with E-state index in [9.17, 15) is 0 Å². The van der Waals surface area contributed by atoms with Gasteiger partial charge in [0.2, 0.25) is 0 Å². The van der Waals surface area contributed by atoms with E-state index in [4.69, 9.17) is 12.2 Å². The van der Waals surface area contributed by atoms with E-state index in [0.717, 1.165) is 15.2 Å². The van der Waals surface area contributed by atoms with Crippen molar-refractivity contribution in [1.82, 2.24) is 15.0 Å². The van der Waals surface area contributed by atoms with Gasteiger partial charge < -0.3 is 4.98 Å². The Morgan fingerprint density at radius 2 is 2.17 bits per heavy atom. The minimum Gasteiger partial charge on any atom is -0.341 e. The lowest BCUT2D eigenvalue weighted by atomic mass is 10.0. The number of nitrogens with one attached hydrogen (secondary N) is 1. The van der Waals surface area contributed by atoms with Crippen molar-refractivity contribution in [3.8, 4) is 10.7 Å². The zero-order valence-electron chi connectivity index (χ0n) is 9.65. The molecule has 1 aliphatic carbocycles. The van der Waals surface area contributed by atoms with E-state index in [2.05, 4.69) is 30.9 Å². The molecule has 2 heterocycles. The zero-order valence-corrected chi connectivity index (χ0v) is 12.9. The number of hydrogen-bond acceptors (Lipinski definition) is 4. The molecule has 1 saturated carbocycles. The largest absolute Gasteiger partial charge is 0.341 e. The van der Waals surface area contributed by atoms with Crippen LogP contribution in [0, 0.1) is 4.64 Å². The van der Waals surface area contributed by atoms with E-state index in [1.807, 2.05) is 11.7 Å². The lowest BCUT2D eigenvalue weighted by molar-refractivity contribution is 0.690. The number of H-pyrrole nitrogens is 1. The SMILES string of the molecule is S=c1nc(-c2cncs2)[nH]c(C2CCCC2)c1Br. The van der Waals surface area contributed by atoms with Crippen LogP contribution in [0.2, 0.25) is 0 Å². The summed E-state index contributed by atoms with van der Waals surface area (Å²) in [5.41, 5.74) is 3.02. The van der Waals surface area contributed by atoms with Gasteiger partial charge in [0.1, 0.15) is 4.64 Å². The first-order valence-electron chi connectivity index (χ1n) is 5.94. The van der Waals surface area contributed by atoms with Crippen molar-refractivity contribution in [3.05, 3.63) is 26.5 Å². The molecule has 0 saturated heterocycles. The van der Waals surface area contributed by atoms with E-state index in [1.54, 1.807) is 11.3 Å². The van der Waals surface area contributed by atoms with E-state index in [1.165, 1.54) is 31.4 Å². The minimum atomic E-state index is 0.579. The molecule has 0 radical (unpaired) electrons. The summed E-state index contributed by atoms with van der Waals surface area (Å²) >= 11 is 10.5. The van der Waals surface area contributed by atoms with Gasteiger partial charge in [-0.25, -0.2) is 4.98 Å². The van der Waals surface area contributed by atoms with Gasteiger partial charge in [0.05, 0.1) is 14.9 Å². The van der Waals surface area contributed by atoms with E-state index in [-0.39, 0.29) is 0 Å². The van der Waals surface area contributed by atoms with Gasteiger partial charge in [-0.15, -0.1) is 11.3 Å². The molecule has 3 nitrogen and oxygen atoms in total. The van der Waals surface area contributed by atoms with Crippen LogP contribution in [0.15, 0.2) is 16.2 Å². The van der Waals surface area contributed by atoms with Crippen LogP contribution in [-0.2, 0) is 0 Å². The highest BCUT2D eigenvalue weighted by Gasteiger charge is 2.21. The third-order valence-electron chi connectivity index (χ3n) is 3.32. The number of thiazole rings is 1. The summed E-state index contributed by atoms with van der Waals surface area (Å²) in [6.07, 6.45) is 6.89. The molecule has 6 heteroatoms. The topological polar surface area (TPSA) is 41.6 Å². The third-order valence-corrected chi connectivity index (χ3v) is 5.46. The molecule has 0 atom stereocenters. The molecule has 94 valence electrons. The third kappa shape index (κ3) is 2.29. The standard InChI is InChI=1S/C12H12BrN3S2/c13-9-10(7-3-1-2-4-7)15-11(16-12(9)17)8-5-14-6-18-8/h5-7H,1-4H2,(H,15,16,17). The second-order valence-electron chi connectivity index (χ2n) is 4.47. The maximum absolute atomic E-state index is 5.34. The van der Waals surface area contributed by atoms with Crippen molar-refractivity contribution in [3.63, 3.8) is 0 Å². The molecule has 0 bridgehead atoms. The second kappa shape index (κ2) is 5.19. The molecule has 2 aromatic rings. The first-order chi connectivity index (χ1) is 8.75. The van der Waals surface area contributed by atoms with Crippen LogP contribution in [0.3, 0.4) is 0 Å². The number of nitrogens with zero attached hydrogens (tertiary/aromatic N) is 2. The van der Waals surface area contributed by atoms with Gasteiger partial charge in [-0.05, 0) is 28.8 Å². The molecule has 0 aliphatic heterocycles. The fourth-order valence-corrected chi connectivity index (χ4v) is 3.70. The van der Waals surface area contributed by atoms with Crippen LogP contribution in [0.5, 0.6) is 0 Å². The van der Waals surface area contributed by atoms with E-state index < -0.39 is 0 Å². The zero-order chi connectivity index (χ0) is 12.5. The molecular formula is C12H12BrN3S2. The summed E-state index contributed by atoms with van der Waals surface area (Å²) in [5.74, 6) is 1.42. The van der Waals surface area contributed by atoms with Gasteiger partial charge >= 0.3 is 0 Å². The normalized spacial score (nSPS) is 16.3. The first-order valence-corrected chi connectivity index (χ1v) is 8.02. The highest BCUT2D eigenvalue weighted by atomic mass is 79.9. The van der Waals surface area contributed by atoms with Crippen LogP contribution in [-0.4, -0.2) is 15.0 Å². The maximum atomic E-state index is 5.34. The smallest absolute Gasteiger partial charge is 0.150 e. The fraction of sp³-hybridized carbons (Fsp3) is 0.417. The Morgan fingerprint density at radius 1 is 1.39 bits per heavy atom.